The van der Waals surface area contributed by atoms with E-state index in [1.54, 1.807) is 18.2 Å². The zero-order valence-electron chi connectivity index (χ0n) is 9.63. The van der Waals surface area contributed by atoms with Gasteiger partial charge in [-0.3, -0.25) is 0 Å². The Kier molecular flexibility index (Phi) is 5.62. The van der Waals surface area contributed by atoms with E-state index in [2.05, 4.69) is 0 Å². The van der Waals surface area contributed by atoms with E-state index in [1.165, 1.54) is 0 Å². The average Bonchev–Trinajstić information content (AvgIpc) is 2.24. The number of ether oxygens (including phenoxy) is 1. The fourth-order valence-electron chi connectivity index (χ4n) is 1.23. The smallest absolute Gasteiger partial charge is 0.441 e. The number of alkyl halides is 3. The minimum atomic E-state index is -4.23. The molecule has 0 heterocycles. The number of hydrogen-bond donors (Lipinski definition) is 1. The molecular formula is C11H13ClF3NOS. The van der Waals surface area contributed by atoms with Crippen LogP contribution in [0.25, 0.3) is 0 Å². The maximum Gasteiger partial charge on any atom is 0.441 e. The highest BCUT2D eigenvalue weighted by Gasteiger charge is 2.27. The summed E-state index contributed by atoms with van der Waals surface area (Å²) in [5.41, 5.74) is 2.29. The lowest BCUT2D eigenvalue weighted by Gasteiger charge is -2.11. The number of thioether (sulfide) groups is 1. The van der Waals surface area contributed by atoms with Crippen molar-refractivity contribution in [3.05, 3.63) is 28.8 Å². The van der Waals surface area contributed by atoms with Crippen molar-refractivity contribution in [1.29, 1.82) is 0 Å². The van der Waals surface area contributed by atoms with Crippen molar-refractivity contribution >= 4 is 23.4 Å². The van der Waals surface area contributed by atoms with E-state index in [0.717, 1.165) is 5.56 Å². The zero-order chi connectivity index (χ0) is 13.8. The second-order valence-corrected chi connectivity index (χ2v) is 5.19. The first-order valence-corrected chi connectivity index (χ1v) is 6.54. The van der Waals surface area contributed by atoms with E-state index in [9.17, 15) is 13.2 Å². The van der Waals surface area contributed by atoms with Crippen molar-refractivity contribution in [2.75, 3.05) is 12.4 Å². The zero-order valence-corrected chi connectivity index (χ0v) is 11.2. The lowest BCUT2D eigenvalue weighted by Crippen LogP contribution is -2.08. The molecule has 0 amide bonds. The molecule has 1 aromatic carbocycles. The lowest BCUT2D eigenvalue weighted by atomic mass is 10.1. The summed E-state index contributed by atoms with van der Waals surface area (Å²) in [5.74, 6) is 0.193. The van der Waals surface area contributed by atoms with Crippen molar-refractivity contribution in [3.63, 3.8) is 0 Å². The third-order valence-corrected chi connectivity index (χ3v) is 3.08. The van der Waals surface area contributed by atoms with Crippen LogP contribution in [0.1, 0.15) is 18.5 Å². The van der Waals surface area contributed by atoms with Crippen LogP contribution in [0.4, 0.5) is 13.2 Å². The Hall–Kier alpha value is -0.590. The van der Waals surface area contributed by atoms with Crippen molar-refractivity contribution in [3.8, 4) is 5.75 Å². The van der Waals surface area contributed by atoms with Gasteiger partial charge in [-0.25, -0.2) is 0 Å². The van der Waals surface area contributed by atoms with Crippen molar-refractivity contribution in [2.45, 2.75) is 18.5 Å². The van der Waals surface area contributed by atoms with Gasteiger partial charge in [0, 0.05) is 11.8 Å². The highest BCUT2D eigenvalue weighted by Crippen LogP contribution is 2.31. The first-order chi connectivity index (χ1) is 8.29. The Morgan fingerprint density at radius 1 is 1.44 bits per heavy atom. The first-order valence-electron chi connectivity index (χ1n) is 5.18. The Morgan fingerprint density at radius 2 is 2.11 bits per heavy atom. The average molecular weight is 300 g/mol. The van der Waals surface area contributed by atoms with Crippen LogP contribution in [0.3, 0.4) is 0 Å². The molecule has 1 rings (SSSR count). The van der Waals surface area contributed by atoms with Crippen LogP contribution in [0, 0.1) is 0 Å². The van der Waals surface area contributed by atoms with Crippen molar-refractivity contribution in [2.24, 2.45) is 5.73 Å². The van der Waals surface area contributed by atoms with Gasteiger partial charge in [-0.15, -0.1) is 0 Å². The second-order valence-electron chi connectivity index (χ2n) is 3.62. The van der Waals surface area contributed by atoms with Gasteiger partial charge < -0.3 is 10.5 Å². The summed E-state index contributed by atoms with van der Waals surface area (Å²) in [6, 6.07) is 4.85. The number of halogens is 4. The molecule has 0 spiro atoms. The Morgan fingerprint density at radius 3 is 2.61 bits per heavy atom. The van der Waals surface area contributed by atoms with Gasteiger partial charge in [0.2, 0.25) is 0 Å². The highest BCUT2D eigenvalue weighted by molar-refractivity contribution is 8.00. The minimum Gasteiger partial charge on any atom is -0.491 e. The summed E-state index contributed by atoms with van der Waals surface area (Å²) in [6.07, 6.45) is 0. The fraction of sp³-hybridized carbons (Fsp3) is 0.455. The molecule has 0 unspecified atom stereocenters. The topological polar surface area (TPSA) is 35.2 Å². The molecule has 0 aliphatic heterocycles. The molecule has 7 heteroatoms. The quantitative estimate of drug-likeness (QED) is 0.835. The molecule has 0 radical (unpaired) electrons. The predicted molar refractivity (Wildman–Crippen MR) is 68.1 cm³/mol. The first kappa shape index (κ1) is 15.5. The molecule has 2 nitrogen and oxygen atoms in total. The SMILES string of the molecule is C[C@H](N)c1ccc(OCCSC(F)(F)F)c(Cl)c1. The molecule has 0 aromatic heterocycles. The summed E-state index contributed by atoms with van der Waals surface area (Å²) in [7, 11) is 0. The van der Waals surface area contributed by atoms with Gasteiger partial charge in [-0.1, -0.05) is 17.7 Å². The molecule has 0 aliphatic carbocycles. The van der Waals surface area contributed by atoms with Crippen LogP contribution < -0.4 is 10.5 Å². The summed E-state index contributed by atoms with van der Waals surface area (Å²) in [4.78, 5) is 0. The van der Waals surface area contributed by atoms with Gasteiger partial charge in [0.25, 0.3) is 0 Å². The molecule has 2 N–H and O–H groups in total. The van der Waals surface area contributed by atoms with E-state index in [1.807, 2.05) is 6.92 Å². The number of benzene rings is 1. The van der Waals surface area contributed by atoms with Gasteiger partial charge in [-0.05, 0) is 36.4 Å². The minimum absolute atomic E-state index is 0.0541. The maximum atomic E-state index is 11.9. The Labute approximate surface area is 113 Å². The van der Waals surface area contributed by atoms with Crippen molar-refractivity contribution < 1.29 is 17.9 Å². The van der Waals surface area contributed by atoms with Gasteiger partial charge in [0.1, 0.15) is 5.75 Å². The van der Waals surface area contributed by atoms with Crippen LogP contribution in [0.2, 0.25) is 5.02 Å². The van der Waals surface area contributed by atoms with Crippen LogP contribution in [-0.2, 0) is 0 Å². The molecular weight excluding hydrogens is 287 g/mol. The Bertz CT molecular complexity index is 398. The normalized spacial score (nSPS) is 13.4. The molecule has 0 saturated carbocycles. The van der Waals surface area contributed by atoms with E-state index < -0.39 is 5.51 Å². The summed E-state index contributed by atoms with van der Waals surface area (Å²) >= 11 is 5.81. The molecule has 1 aromatic rings. The molecule has 102 valence electrons. The van der Waals surface area contributed by atoms with Crippen LogP contribution in [0.5, 0.6) is 5.75 Å². The molecule has 0 bridgehead atoms. The van der Waals surface area contributed by atoms with E-state index in [4.69, 9.17) is 22.1 Å². The van der Waals surface area contributed by atoms with E-state index in [0.29, 0.717) is 10.8 Å². The van der Waals surface area contributed by atoms with Gasteiger partial charge in [0.15, 0.2) is 0 Å². The third kappa shape index (κ3) is 5.37. The summed E-state index contributed by atoms with van der Waals surface area (Å²) in [5, 5.41) is 0.349. The van der Waals surface area contributed by atoms with Gasteiger partial charge >= 0.3 is 5.51 Å². The van der Waals surface area contributed by atoms with E-state index >= 15 is 0 Å². The van der Waals surface area contributed by atoms with Gasteiger partial charge in [-0.2, -0.15) is 13.2 Å². The molecule has 18 heavy (non-hydrogen) atoms. The molecule has 0 fully saturated rings. The Balaban J connectivity index is 2.48. The molecule has 0 aliphatic rings. The summed E-state index contributed by atoms with van der Waals surface area (Å²) < 4.78 is 40.8. The third-order valence-electron chi connectivity index (χ3n) is 2.09. The molecule has 0 saturated heterocycles. The standard InChI is InChI=1S/C11H13ClF3NOS/c1-7(16)8-2-3-10(9(12)6-8)17-4-5-18-11(13,14)15/h2-3,6-7H,4-5,16H2,1H3/t7-/m0/s1. The lowest BCUT2D eigenvalue weighted by molar-refractivity contribution is -0.0329. The number of nitrogens with two attached hydrogens (primary N) is 1. The predicted octanol–water partition coefficient (Wildman–Crippen LogP) is 3.99. The van der Waals surface area contributed by atoms with Crippen LogP contribution in [0.15, 0.2) is 18.2 Å². The van der Waals surface area contributed by atoms with Crippen molar-refractivity contribution in [1.82, 2.24) is 0 Å². The fourth-order valence-corrected chi connectivity index (χ4v) is 1.87. The monoisotopic (exact) mass is 299 g/mol. The van der Waals surface area contributed by atoms with Crippen LogP contribution >= 0.6 is 23.4 Å². The van der Waals surface area contributed by atoms with Crippen LogP contribution in [-0.4, -0.2) is 17.9 Å². The maximum absolute atomic E-state index is 11.9. The second kappa shape index (κ2) is 6.54. The highest BCUT2D eigenvalue weighted by atomic mass is 35.5. The number of rotatable bonds is 5. The largest absolute Gasteiger partial charge is 0.491 e. The van der Waals surface area contributed by atoms with E-state index in [-0.39, 0.29) is 30.2 Å². The molecule has 1 atom stereocenters. The summed E-state index contributed by atoms with van der Waals surface area (Å²) in [6.45, 7) is 1.76. The van der Waals surface area contributed by atoms with Gasteiger partial charge in [0.05, 0.1) is 11.6 Å². The number of hydrogen-bond acceptors (Lipinski definition) is 3.